The zero-order chi connectivity index (χ0) is 25.0. The Hall–Kier alpha value is -2.67. The maximum Gasteiger partial charge on any atom is 0.257 e. The highest BCUT2D eigenvalue weighted by atomic mass is 16.2. The molecular formula is C27H41N5O2. The summed E-state index contributed by atoms with van der Waals surface area (Å²) in [6.45, 7) is 13.3. The van der Waals surface area contributed by atoms with Crippen LogP contribution in [0.25, 0.3) is 5.69 Å². The third-order valence-corrected chi connectivity index (χ3v) is 6.50. The molecule has 0 radical (unpaired) electrons. The molecule has 0 saturated carbocycles. The Morgan fingerprint density at radius 3 is 2.32 bits per heavy atom. The molecule has 1 aliphatic heterocycles. The predicted octanol–water partition coefficient (Wildman–Crippen LogP) is 3.86. The van der Waals surface area contributed by atoms with Crippen LogP contribution in [0.2, 0.25) is 0 Å². The first-order chi connectivity index (χ1) is 16.0. The number of benzene rings is 1. The average molecular weight is 468 g/mol. The van der Waals surface area contributed by atoms with Crippen molar-refractivity contribution in [3.05, 3.63) is 47.3 Å². The van der Waals surface area contributed by atoms with Gasteiger partial charge in [0.25, 0.3) is 5.91 Å². The fourth-order valence-electron chi connectivity index (χ4n) is 4.87. The van der Waals surface area contributed by atoms with Gasteiger partial charge in [-0.1, -0.05) is 45.4 Å². The Balaban J connectivity index is 1.63. The molecule has 3 rings (SSSR count). The molecule has 7 nitrogen and oxygen atoms in total. The molecule has 0 spiro atoms. The summed E-state index contributed by atoms with van der Waals surface area (Å²) in [4.78, 5) is 30.2. The van der Waals surface area contributed by atoms with E-state index in [4.69, 9.17) is 0 Å². The first-order valence-corrected chi connectivity index (χ1v) is 12.3. The maximum atomic E-state index is 13.4. The van der Waals surface area contributed by atoms with Crippen LogP contribution in [-0.4, -0.2) is 71.7 Å². The Morgan fingerprint density at radius 1 is 1.15 bits per heavy atom. The van der Waals surface area contributed by atoms with Crippen LogP contribution in [-0.2, 0) is 4.79 Å². The van der Waals surface area contributed by atoms with Crippen molar-refractivity contribution < 1.29 is 9.59 Å². The van der Waals surface area contributed by atoms with Gasteiger partial charge < -0.3 is 15.1 Å². The number of aromatic nitrogens is 2. The van der Waals surface area contributed by atoms with Crippen LogP contribution in [0.4, 0.5) is 0 Å². The summed E-state index contributed by atoms with van der Waals surface area (Å²) in [5, 5.41) is 7.71. The van der Waals surface area contributed by atoms with E-state index >= 15 is 0 Å². The lowest BCUT2D eigenvalue weighted by Gasteiger charge is -2.33. The van der Waals surface area contributed by atoms with E-state index in [1.165, 1.54) is 5.56 Å². The Kier molecular flexibility index (Phi) is 8.18. The van der Waals surface area contributed by atoms with E-state index in [9.17, 15) is 9.59 Å². The number of hydrogen-bond donors (Lipinski definition) is 1. The third kappa shape index (κ3) is 6.26. The molecule has 34 heavy (non-hydrogen) atoms. The van der Waals surface area contributed by atoms with Gasteiger partial charge in [0.15, 0.2) is 0 Å². The number of carbonyl (C=O) groups excluding carboxylic acids is 2. The molecule has 186 valence electrons. The summed E-state index contributed by atoms with van der Waals surface area (Å²) >= 11 is 0. The summed E-state index contributed by atoms with van der Waals surface area (Å²) in [5.41, 5.74) is 3.74. The van der Waals surface area contributed by atoms with Gasteiger partial charge in [0.1, 0.15) is 0 Å². The maximum absolute atomic E-state index is 13.4. The van der Waals surface area contributed by atoms with Gasteiger partial charge in [-0.2, -0.15) is 5.10 Å². The third-order valence-electron chi connectivity index (χ3n) is 6.50. The molecule has 0 unspecified atom stereocenters. The van der Waals surface area contributed by atoms with Gasteiger partial charge in [0.05, 0.1) is 23.1 Å². The SMILES string of the molecule is Cc1ccc(-n2ncc(C(=O)N3CCC(C(=O)NCC(C)(C)CN(C)C)CC3)c2C(C)C)cc1. The van der Waals surface area contributed by atoms with Crippen LogP contribution in [0.1, 0.15) is 68.1 Å². The van der Waals surface area contributed by atoms with E-state index in [1.54, 1.807) is 6.20 Å². The Labute approximate surface area is 204 Å². The smallest absolute Gasteiger partial charge is 0.257 e. The van der Waals surface area contributed by atoms with Crippen molar-refractivity contribution in [2.24, 2.45) is 11.3 Å². The first-order valence-electron chi connectivity index (χ1n) is 12.3. The van der Waals surface area contributed by atoms with Crippen molar-refractivity contribution in [1.82, 2.24) is 24.9 Å². The van der Waals surface area contributed by atoms with Crippen molar-refractivity contribution in [3.63, 3.8) is 0 Å². The number of rotatable bonds is 8. The highest BCUT2D eigenvalue weighted by Gasteiger charge is 2.31. The molecule has 1 saturated heterocycles. The highest BCUT2D eigenvalue weighted by molar-refractivity contribution is 5.95. The summed E-state index contributed by atoms with van der Waals surface area (Å²) in [7, 11) is 4.09. The second kappa shape index (κ2) is 10.7. The molecule has 1 N–H and O–H groups in total. The summed E-state index contributed by atoms with van der Waals surface area (Å²) < 4.78 is 1.88. The van der Waals surface area contributed by atoms with Gasteiger partial charge in [-0.25, -0.2) is 4.68 Å². The Bertz CT molecular complexity index is 983. The molecule has 0 bridgehead atoms. The van der Waals surface area contributed by atoms with Crippen molar-refractivity contribution in [3.8, 4) is 5.69 Å². The molecule has 1 aromatic heterocycles. The van der Waals surface area contributed by atoms with Crippen LogP contribution in [0, 0.1) is 18.3 Å². The van der Waals surface area contributed by atoms with Crippen LogP contribution >= 0.6 is 0 Å². The van der Waals surface area contributed by atoms with Crippen LogP contribution < -0.4 is 5.32 Å². The van der Waals surface area contributed by atoms with Crippen molar-refractivity contribution in [2.75, 3.05) is 40.3 Å². The lowest BCUT2D eigenvalue weighted by atomic mass is 9.91. The first kappa shape index (κ1) is 25.9. The summed E-state index contributed by atoms with van der Waals surface area (Å²) in [5.74, 6) is 0.220. The van der Waals surface area contributed by atoms with Crippen molar-refractivity contribution in [1.29, 1.82) is 0 Å². The molecule has 1 fully saturated rings. The Morgan fingerprint density at radius 2 is 1.76 bits per heavy atom. The van der Waals surface area contributed by atoms with E-state index in [2.05, 4.69) is 62.1 Å². The minimum Gasteiger partial charge on any atom is -0.355 e. The van der Waals surface area contributed by atoms with Gasteiger partial charge in [0.2, 0.25) is 5.91 Å². The molecule has 1 aliphatic rings. The average Bonchev–Trinajstić information content (AvgIpc) is 3.22. The number of nitrogens with one attached hydrogen (secondary N) is 1. The van der Waals surface area contributed by atoms with Gasteiger partial charge in [-0.3, -0.25) is 9.59 Å². The zero-order valence-electron chi connectivity index (χ0n) is 21.9. The largest absolute Gasteiger partial charge is 0.355 e. The molecular weight excluding hydrogens is 426 g/mol. The minimum atomic E-state index is -0.0425. The van der Waals surface area contributed by atoms with E-state index in [0.29, 0.717) is 38.0 Å². The summed E-state index contributed by atoms with van der Waals surface area (Å²) in [6.07, 6.45) is 3.08. The highest BCUT2D eigenvalue weighted by Crippen LogP contribution is 2.27. The predicted molar refractivity (Wildman–Crippen MR) is 136 cm³/mol. The van der Waals surface area contributed by atoms with Crippen molar-refractivity contribution >= 4 is 11.8 Å². The molecule has 7 heteroatoms. The molecule has 2 aromatic rings. The van der Waals surface area contributed by atoms with E-state index in [1.807, 2.05) is 35.8 Å². The standard InChI is InChI=1S/C27H41N5O2/c1-19(2)24-23(16-29-32(24)22-10-8-20(3)9-11-22)26(34)31-14-12-21(13-15-31)25(33)28-17-27(4,5)18-30(6)7/h8-11,16,19,21H,12-15,17-18H2,1-7H3,(H,28,33). The number of likely N-dealkylation sites (tertiary alicyclic amines) is 1. The summed E-state index contributed by atoms with van der Waals surface area (Å²) in [6, 6.07) is 8.18. The monoisotopic (exact) mass is 467 g/mol. The normalized spacial score (nSPS) is 15.3. The van der Waals surface area contributed by atoms with Gasteiger partial charge in [0, 0.05) is 32.1 Å². The lowest BCUT2D eigenvalue weighted by Crippen LogP contribution is -2.46. The zero-order valence-corrected chi connectivity index (χ0v) is 21.9. The van der Waals surface area contributed by atoms with E-state index in [0.717, 1.165) is 17.9 Å². The van der Waals surface area contributed by atoms with E-state index < -0.39 is 0 Å². The lowest BCUT2D eigenvalue weighted by molar-refractivity contribution is -0.126. The fourth-order valence-corrected chi connectivity index (χ4v) is 4.87. The van der Waals surface area contributed by atoms with Gasteiger partial charge >= 0.3 is 0 Å². The number of carbonyl (C=O) groups is 2. The minimum absolute atomic E-state index is 0.00744. The van der Waals surface area contributed by atoms with Crippen LogP contribution in [0.5, 0.6) is 0 Å². The molecule has 1 aromatic carbocycles. The van der Waals surface area contributed by atoms with Gasteiger partial charge in [-0.15, -0.1) is 0 Å². The van der Waals surface area contributed by atoms with Crippen LogP contribution in [0.3, 0.4) is 0 Å². The fraction of sp³-hybridized carbons (Fsp3) is 0.593. The second-order valence-corrected chi connectivity index (χ2v) is 11.0. The number of hydrogen-bond acceptors (Lipinski definition) is 4. The number of piperidine rings is 1. The molecule has 2 amide bonds. The molecule has 0 aliphatic carbocycles. The molecule has 2 heterocycles. The second-order valence-electron chi connectivity index (χ2n) is 11.0. The van der Waals surface area contributed by atoms with Crippen molar-refractivity contribution in [2.45, 2.75) is 53.4 Å². The van der Waals surface area contributed by atoms with Gasteiger partial charge in [-0.05, 0) is 57.3 Å². The topological polar surface area (TPSA) is 70.5 Å². The molecule has 0 atom stereocenters. The van der Waals surface area contributed by atoms with Crippen LogP contribution in [0.15, 0.2) is 30.5 Å². The number of aryl methyl sites for hydroxylation is 1. The van der Waals surface area contributed by atoms with E-state index in [-0.39, 0.29) is 29.1 Å². The quantitative estimate of drug-likeness (QED) is 0.640. The number of amides is 2. The number of nitrogens with zero attached hydrogens (tertiary/aromatic N) is 4.